The summed E-state index contributed by atoms with van der Waals surface area (Å²) in [6, 6.07) is 0. The number of amides is 1. The quantitative estimate of drug-likeness (QED) is 0.574. The van der Waals surface area contributed by atoms with E-state index in [0.29, 0.717) is 5.91 Å². The summed E-state index contributed by atoms with van der Waals surface area (Å²) in [6.45, 7) is 0.957. The number of rotatable bonds is 0. The molecular weight excluding hydrogens is 209 g/mol. The predicted octanol–water partition coefficient (Wildman–Crippen LogP) is 1.28. The van der Waals surface area contributed by atoms with E-state index in [0.717, 1.165) is 19.4 Å². The normalized spacial score (nSPS) is 16.7. The first kappa shape index (κ1) is 11.2. The van der Waals surface area contributed by atoms with Crippen molar-refractivity contribution in [2.75, 3.05) is 13.6 Å². The van der Waals surface area contributed by atoms with Crippen LogP contribution in [0.15, 0.2) is 0 Å². The molecule has 0 saturated carbocycles. The number of carbonyl (C=O) groups is 1. The van der Waals surface area contributed by atoms with E-state index in [1.807, 2.05) is 7.05 Å². The van der Waals surface area contributed by atoms with Gasteiger partial charge in [0.15, 0.2) is 0 Å². The Morgan fingerprint density at radius 2 is 2.00 bits per heavy atom. The molecule has 0 aromatic heterocycles. The van der Waals surface area contributed by atoms with Crippen LogP contribution in [0.1, 0.15) is 12.8 Å². The minimum Gasteiger partial charge on any atom is -0.346 e. The van der Waals surface area contributed by atoms with Crippen LogP contribution in [-0.4, -0.2) is 28.6 Å². The highest BCUT2D eigenvalue weighted by molar-refractivity contribution is 8.26. The van der Waals surface area contributed by atoms with E-state index in [4.69, 9.17) is 4.21 Å². The molecule has 1 aliphatic heterocycles. The van der Waals surface area contributed by atoms with Gasteiger partial charge >= 0.3 is 0 Å². The fourth-order valence-corrected chi connectivity index (χ4v) is 0.783. The van der Waals surface area contributed by atoms with E-state index < -0.39 is 9.23 Å². The van der Waals surface area contributed by atoms with Gasteiger partial charge in [0.05, 0.1) is 0 Å². The molecule has 0 bridgehead atoms. The first-order valence-corrected chi connectivity index (χ1v) is 5.82. The van der Waals surface area contributed by atoms with Crippen LogP contribution in [0.5, 0.6) is 0 Å². The monoisotopic (exact) mass is 217 g/mol. The molecule has 0 aliphatic carbocycles. The number of hydrogen-bond acceptors (Lipinski definition) is 2. The van der Waals surface area contributed by atoms with E-state index in [9.17, 15) is 4.79 Å². The van der Waals surface area contributed by atoms with Crippen molar-refractivity contribution in [3.05, 3.63) is 0 Å². The van der Waals surface area contributed by atoms with Crippen molar-refractivity contribution in [2.24, 2.45) is 0 Å². The first-order valence-electron chi connectivity index (χ1n) is 3.02. The molecule has 0 unspecified atom stereocenters. The maximum Gasteiger partial charge on any atom is 0.222 e. The van der Waals surface area contributed by atoms with Gasteiger partial charge in [0.25, 0.3) is 0 Å². The Morgan fingerprint density at radius 1 is 1.55 bits per heavy atom. The molecule has 1 fully saturated rings. The summed E-state index contributed by atoms with van der Waals surface area (Å²) in [5.41, 5.74) is 0. The van der Waals surface area contributed by atoms with Gasteiger partial charge in [-0.2, -0.15) is 0 Å². The molecule has 1 heterocycles. The predicted molar refractivity (Wildman–Crippen MR) is 46.7 cm³/mol. The van der Waals surface area contributed by atoms with Crippen molar-refractivity contribution in [2.45, 2.75) is 12.8 Å². The number of hydrogen-bond donors (Lipinski definition) is 0. The fourth-order valence-electron chi connectivity index (χ4n) is 0.783. The highest BCUT2D eigenvalue weighted by atomic mass is 36.0. The van der Waals surface area contributed by atoms with E-state index >= 15 is 0 Å². The van der Waals surface area contributed by atoms with Gasteiger partial charge in [-0.3, -0.25) is 4.79 Å². The molecule has 0 N–H and O–H groups in total. The second-order valence-corrected chi connectivity index (χ2v) is 4.63. The van der Waals surface area contributed by atoms with Crippen LogP contribution in [0, 0.1) is 0 Å². The zero-order valence-electron chi connectivity index (χ0n) is 6.05. The lowest BCUT2D eigenvalue weighted by atomic mass is 10.4. The molecule has 66 valence electrons. The summed E-state index contributed by atoms with van der Waals surface area (Å²) in [5.74, 6) is 0.292. The summed E-state index contributed by atoms with van der Waals surface area (Å²) in [7, 11) is 9.20. The largest absolute Gasteiger partial charge is 0.346 e. The molecule has 1 saturated heterocycles. The maximum absolute atomic E-state index is 10.5. The Morgan fingerprint density at radius 3 is 2.09 bits per heavy atom. The van der Waals surface area contributed by atoms with Gasteiger partial charge in [-0.25, -0.2) is 4.21 Å². The fraction of sp³-hybridized carbons (Fsp3) is 0.800. The Labute approximate surface area is 77.1 Å². The van der Waals surface area contributed by atoms with E-state index in [1.54, 1.807) is 4.90 Å². The minimum absolute atomic E-state index is 0.292. The number of halogens is 2. The van der Waals surface area contributed by atoms with E-state index in [-0.39, 0.29) is 0 Å². The van der Waals surface area contributed by atoms with Crippen LogP contribution in [0.3, 0.4) is 0 Å². The van der Waals surface area contributed by atoms with Crippen molar-refractivity contribution < 1.29 is 9.00 Å². The highest BCUT2D eigenvalue weighted by Crippen LogP contribution is 2.04. The van der Waals surface area contributed by atoms with Crippen LogP contribution >= 0.6 is 21.4 Å². The smallest absolute Gasteiger partial charge is 0.222 e. The second kappa shape index (κ2) is 5.80. The van der Waals surface area contributed by atoms with Crippen LogP contribution in [0.25, 0.3) is 0 Å². The molecular formula is C5H9Cl2NO2S. The average Bonchev–Trinajstić information content (AvgIpc) is 2.15. The molecule has 11 heavy (non-hydrogen) atoms. The van der Waals surface area contributed by atoms with Gasteiger partial charge in [0.1, 0.15) is 0 Å². The van der Waals surface area contributed by atoms with Gasteiger partial charge < -0.3 is 4.90 Å². The Hall–Kier alpha value is 0.200. The molecule has 0 radical (unpaired) electrons. The topological polar surface area (TPSA) is 37.4 Å². The van der Waals surface area contributed by atoms with Gasteiger partial charge in [-0.15, -0.1) is 0 Å². The molecule has 0 aromatic carbocycles. The summed E-state index contributed by atoms with van der Waals surface area (Å²) in [5, 5.41) is 0. The van der Waals surface area contributed by atoms with Gasteiger partial charge in [-0.05, 0) is 6.42 Å². The SMILES string of the molecule is CN1CCCC1=O.O=S(Cl)Cl. The zero-order chi connectivity index (χ0) is 8.85. The number of nitrogens with zero attached hydrogens (tertiary/aromatic N) is 1. The third kappa shape index (κ3) is 6.59. The molecule has 1 aliphatic rings. The Bertz CT molecular complexity index is 161. The van der Waals surface area contributed by atoms with Gasteiger partial charge in [-0.1, -0.05) is 0 Å². The molecule has 1 rings (SSSR count). The number of likely N-dealkylation sites (tertiary alicyclic amines) is 1. The third-order valence-electron chi connectivity index (χ3n) is 1.31. The summed E-state index contributed by atoms with van der Waals surface area (Å²) < 4.78 is 9.09. The van der Waals surface area contributed by atoms with Crippen LogP contribution < -0.4 is 0 Å². The molecule has 0 atom stereocenters. The lowest BCUT2D eigenvalue weighted by molar-refractivity contribution is -0.126. The van der Waals surface area contributed by atoms with Crippen LogP contribution in [-0.2, 0) is 14.0 Å². The van der Waals surface area contributed by atoms with Crippen molar-refractivity contribution >= 4 is 36.5 Å². The third-order valence-corrected chi connectivity index (χ3v) is 1.31. The lowest BCUT2D eigenvalue weighted by Crippen LogP contribution is -2.17. The van der Waals surface area contributed by atoms with Crippen LogP contribution in [0.4, 0.5) is 0 Å². The van der Waals surface area contributed by atoms with E-state index in [1.165, 1.54) is 0 Å². The molecule has 0 aromatic rings. The van der Waals surface area contributed by atoms with Crippen molar-refractivity contribution in [3.8, 4) is 0 Å². The molecule has 0 spiro atoms. The standard InChI is InChI=1S/C5H9NO.Cl2OS/c1-6-4-2-3-5(6)7;1-4(2)3/h2-4H2,1H3;. The van der Waals surface area contributed by atoms with Crippen molar-refractivity contribution in [1.29, 1.82) is 0 Å². The van der Waals surface area contributed by atoms with E-state index in [2.05, 4.69) is 21.4 Å². The van der Waals surface area contributed by atoms with Crippen LogP contribution in [0.2, 0.25) is 0 Å². The zero-order valence-corrected chi connectivity index (χ0v) is 8.38. The molecule has 3 nitrogen and oxygen atoms in total. The van der Waals surface area contributed by atoms with Gasteiger partial charge in [0, 0.05) is 41.4 Å². The lowest BCUT2D eigenvalue weighted by Gasteiger charge is -2.03. The minimum atomic E-state index is -1.67. The number of carbonyl (C=O) groups excluding carboxylic acids is 1. The second-order valence-electron chi connectivity index (χ2n) is 2.10. The van der Waals surface area contributed by atoms with Crippen molar-refractivity contribution in [1.82, 2.24) is 4.90 Å². The van der Waals surface area contributed by atoms with Gasteiger partial charge in [0.2, 0.25) is 15.1 Å². The first-order chi connectivity index (χ1) is 5.04. The highest BCUT2D eigenvalue weighted by Gasteiger charge is 2.14. The average molecular weight is 218 g/mol. The molecule has 1 amide bonds. The Kier molecular flexibility index (Phi) is 5.91. The molecule has 6 heteroatoms. The summed E-state index contributed by atoms with van der Waals surface area (Å²) in [4.78, 5) is 12.3. The maximum atomic E-state index is 10.5. The summed E-state index contributed by atoms with van der Waals surface area (Å²) in [6.07, 6.45) is 1.81. The summed E-state index contributed by atoms with van der Waals surface area (Å²) >= 11 is 0. The van der Waals surface area contributed by atoms with Crippen molar-refractivity contribution in [3.63, 3.8) is 0 Å². The Balaban J connectivity index is 0.000000218.